The number of hydrogen-bond acceptors (Lipinski definition) is 4. The van der Waals surface area contributed by atoms with Crippen molar-refractivity contribution in [3.05, 3.63) is 66.5 Å². The third kappa shape index (κ3) is 2.91. The van der Waals surface area contributed by atoms with E-state index in [1.165, 1.54) is 0 Å². The Kier molecular flexibility index (Phi) is 4.01. The van der Waals surface area contributed by atoms with Crippen LogP contribution in [-0.4, -0.2) is 36.9 Å². The summed E-state index contributed by atoms with van der Waals surface area (Å²) < 4.78 is 1.94. The number of hydrogen-bond donors (Lipinski definition) is 0. The van der Waals surface area contributed by atoms with Crippen LogP contribution in [0, 0.1) is 0 Å². The molecule has 0 saturated carbocycles. The summed E-state index contributed by atoms with van der Waals surface area (Å²) in [5.74, 6) is -0.0120. The Bertz CT molecular complexity index is 890. The molecule has 3 aromatic heterocycles. The number of rotatable bonds is 3. The fourth-order valence-electron chi connectivity index (χ4n) is 3.39. The van der Waals surface area contributed by atoms with Crippen molar-refractivity contribution in [2.24, 2.45) is 7.05 Å². The first-order valence-electron chi connectivity index (χ1n) is 8.38. The van der Waals surface area contributed by atoms with Crippen molar-refractivity contribution in [1.29, 1.82) is 0 Å². The Balaban J connectivity index is 1.65. The van der Waals surface area contributed by atoms with E-state index in [4.69, 9.17) is 0 Å². The van der Waals surface area contributed by atoms with Gasteiger partial charge in [0.2, 0.25) is 0 Å². The van der Waals surface area contributed by atoms with Gasteiger partial charge in [0.1, 0.15) is 5.69 Å². The van der Waals surface area contributed by atoms with E-state index in [9.17, 15) is 4.79 Å². The zero-order valence-electron chi connectivity index (χ0n) is 14.0. The first kappa shape index (κ1) is 15.5. The van der Waals surface area contributed by atoms with Crippen molar-refractivity contribution < 1.29 is 4.79 Å². The van der Waals surface area contributed by atoms with Gasteiger partial charge in [0, 0.05) is 26.0 Å². The molecule has 4 rings (SSSR count). The average molecular weight is 333 g/mol. The first-order chi connectivity index (χ1) is 12.2. The Morgan fingerprint density at radius 2 is 2.12 bits per heavy atom. The highest BCUT2D eigenvalue weighted by Gasteiger charge is 2.31. The summed E-state index contributed by atoms with van der Waals surface area (Å²) in [6.07, 6.45) is 8.97. The lowest BCUT2D eigenvalue weighted by Gasteiger charge is -2.25. The fourth-order valence-corrected chi connectivity index (χ4v) is 3.39. The Morgan fingerprint density at radius 1 is 1.20 bits per heavy atom. The van der Waals surface area contributed by atoms with Gasteiger partial charge in [0.05, 0.1) is 30.0 Å². The topological polar surface area (TPSA) is 63.9 Å². The van der Waals surface area contributed by atoms with Gasteiger partial charge in [0.15, 0.2) is 0 Å². The predicted molar refractivity (Wildman–Crippen MR) is 93.7 cm³/mol. The highest BCUT2D eigenvalue weighted by atomic mass is 16.2. The zero-order valence-corrected chi connectivity index (χ0v) is 14.0. The SMILES string of the molecule is Cn1cncc1-c1cc([C@H]2CCCN2C(=O)c2ccccn2)ccn1. The van der Waals surface area contributed by atoms with E-state index in [1.807, 2.05) is 34.7 Å². The number of aryl methyl sites for hydroxylation is 1. The highest BCUT2D eigenvalue weighted by molar-refractivity contribution is 5.92. The molecule has 126 valence electrons. The van der Waals surface area contributed by atoms with Gasteiger partial charge in [-0.3, -0.25) is 14.8 Å². The van der Waals surface area contributed by atoms with Crippen LogP contribution < -0.4 is 0 Å². The second-order valence-electron chi connectivity index (χ2n) is 6.24. The molecule has 1 saturated heterocycles. The van der Waals surface area contributed by atoms with Crippen LogP contribution >= 0.6 is 0 Å². The smallest absolute Gasteiger partial charge is 0.272 e. The van der Waals surface area contributed by atoms with Gasteiger partial charge in [-0.2, -0.15) is 0 Å². The van der Waals surface area contributed by atoms with Crippen LogP contribution in [0.15, 0.2) is 55.2 Å². The van der Waals surface area contributed by atoms with E-state index in [0.717, 1.165) is 36.3 Å². The maximum atomic E-state index is 12.8. The minimum absolute atomic E-state index is 0.0120. The molecular formula is C19H19N5O. The summed E-state index contributed by atoms with van der Waals surface area (Å²) in [4.78, 5) is 27.6. The van der Waals surface area contributed by atoms with Crippen LogP contribution in [0.1, 0.15) is 34.9 Å². The molecule has 1 fully saturated rings. The molecule has 0 unspecified atom stereocenters. The summed E-state index contributed by atoms with van der Waals surface area (Å²) in [5.41, 5.74) is 3.43. The standard InChI is InChI=1S/C19H19N5O/c1-23-13-20-12-18(23)16-11-14(7-9-22-16)17-6-4-10-24(17)19(25)15-5-2-3-8-21-15/h2-3,5,7-9,11-13,17H,4,6,10H2,1H3/t17-/m1/s1. The van der Waals surface area contributed by atoms with E-state index < -0.39 is 0 Å². The molecule has 4 heterocycles. The van der Waals surface area contributed by atoms with Crippen LogP contribution in [-0.2, 0) is 7.05 Å². The molecule has 0 aromatic carbocycles. The van der Waals surface area contributed by atoms with Crippen molar-refractivity contribution >= 4 is 5.91 Å². The molecule has 1 atom stereocenters. The van der Waals surface area contributed by atoms with Crippen molar-refractivity contribution in [3.8, 4) is 11.4 Å². The highest BCUT2D eigenvalue weighted by Crippen LogP contribution is 2.34. The molecule has 0 bridgehead atoms. The summed E-state index contributed by atoms with van der Waals surface area (Å²) >= 11 is 0. The fraction of sp³-hybridized carbons (Fsp3) is 0.263. The van der Waals surface area contributed by atoms with E-state index in [0.29, 0.717) is 5.69 Å². The summed E-state index contributed by atoms with van der Waals surface area (Å²) in [6.45, 7) is 0.753. The lowest BCUT2D eigenvalue weighted by atomic mass is 10.0. The molecule has 1 amide bonds. The molecular weight excluding hydrogens is 314 g/mol. The second-order valence-corrected chi connectivity index (χ2v) is 6.24. The number of nitrogens with zero attached hydrogens (tertiary/aromatic N) is 5. The molecule has 1 aliphatic rings. The maximum Gasteiger partial charge on any atom is 0.272 e. The van der Waals surface area contributed by atoms with Crippen LogP contribution in [0.2, 0.25) is 0 Å². The first-order valence-corrected chi connectivity index (χ1v) is 8.38. The van der Waals surface area contributed by atoms with E-state index in [1.54, 1.807) is 31.0 Å². The third-order valence-corrected chi connectivity index (χ3v) is 4.65. The van der Waals surface area contributed by atoms with Gasteiger partial charge < -0.3 is 9.47 Å². The number of likely N-dealkylation sites (tertiary alicyclic amines) is 1. The Hall–Kier alpha value is -3.02. The molecule has 0 aliphatic carbocycles. The summed E-state index contributed by atoms with van der Waals surface area (Å²) in [5, 5.41) is 0. The largest absolute Gasteiger partial charge is 0.332 e. The number of amides is 1. The minimum atomic E-state index is -0.0120. The maximum absolute atomic E-state index is 12.8. The number of aromatic nitrogens is 4. The van der Waals surface area contributed by atoms with Crippen LogP contribution in [0.5, 0.6) is 0 Å². The van der Waals surface area contributed by atoms with Gasteiger partial charge in [-0.15, -0.1) is 0 Å². The molecule has 6 heteroatoms. The summed E-state index contributed by atoms with van der Waals surface area (Å²) in [6, 6.07) is 9.55. The van der Waals surface area contributed by atoms with Crippen LogP contribution in [0.25, 0.3) is 11.4 Å². The predicted octanol–water partition coefficient (Wildman–Crippen LogP) is 2.85. The van der Waals surface area contributed by atoms with E-state index in [-0.39, 0.29) is 11.9 Å². The van der Waals surface area contributed by atoms with Gasteiger partial charge in [0.25, 0.3) is 5.91 Å². The van der Waals surface area contributed by atoms with E-state index >= 15 is 0 Å². The monoisotopic (exact) mass is 333 g/mol. The molecule has 1 aliphatic heterocycles. The lowest BCUT2D eigenvalue weighted by molar-refractivity contribution is 0.0729. The number of carbonyl (C=O) groups excluding carboxylic acids is 1. The van der Waals surface area contributed by atoms with Crippen molar-refractivity contribution in [2.45, 2.75) is 18.9 Å². The molecule has 3 aromatic rings. The van der Waals surface area contributed by atoms with Gasteiger partial charge in [-0.1, -0.05) is 6.07 Å². The van der Waals surface area contributed by atoms with Crippen LogP contribution in [0.3, 0.4) is 0 Å². The van der Waals surface area contributed by atoms with Crippen molar-refractivity contribution in [1.82, 2.24) is 24.4 Å². The Labute approximate surface area is 146 Å². The normalized spacial score (nSPS) is 17.0. The van der Waals surface area contributed by atoms with Gasteiger partial charge in [-0.05, 0) is 42.7 Å². The van der Waals surface area contributed by atoms with E-state index in [2.05, 4.69) is 21.0 Å². The molecule has 0 N–H and O–H groups in total. The molecule has 6 nitrogen and oxygen atoms in total. The average Bonchev–Trinajstić information content (AvgIpc) is 3.31. The second kappa shape index (κ2) is 6.47. The van der Waals surface area contributed by atoms with Gasteiger partial charge >= 0.3 is 0 Å². The minimum Gasteiger partial charge on any atom is -0.332 e. The van der Waals surface area contributed by atoms with Crippen LogP contribution in [0.4, 0.5) is 0 Å². The number of carbonyl (C=O) groups is 1. The molecule has 0 spiro atoms. The quantitative estimate of drug-likeness (QED) is 0.739. The third-order valence-electron chi connectivity index (χ3n) is 4.65. The number of pyridine rings is 2. The molecule has 0 radical (unpaired) electrons. The number of imidazole rings is 1. The lowest BCUT2D eigenvalue weighted by Crippen LogP contribution is -2.31. The van der Waals surface area contributed by atoms with Crippen molar-refractivity contribution in [3.63, 3.8) is 0 Å². The molecule has 25 heavy (non-hydrogen) atoms. The summed E-state index contributed by atoms with van der Waals surface area (Å²) in [7, 11) is 1.95. The van der Waals surface area contributed by atoms with Crippen molar-refractivity contribution in [2.75, 3.05) is 6.54 Å². The Morgan fingerprint density at radius 3 is 2.88 bits per heavy atom. The van der Waals surface area contributed by atoms with Gasteiger partial charge in [-0.25, -0.2) is 4.98 Å². The zero-order chi connectivity index (χ0) is 17.2.